The van der Waals surface area contributed by atoms with Crippen molar-refractivity contribution in [3.05, 3.63) is 12.7 Å². The van der Waals surface area contributed by atoms with E-state index in [1.165, 1.54) is 24.1 Å². The molecule has 3 heterocycles. The first kappa shape index (κ1) is 25.7. The SMILES string of the molecule is C[C@]1(COP([O-])(=S)OP(=O)([O-])OP(=O)(O)O)O[C@@](C)(n2cnc3c(N)ncnc32)CC1O. The fourth-order valence-electron chi connectivity index (χ4n) is 3.16. The van der Waals surface area contributed by atoms with Crippen LogP contribution in [0.15, 0.2) is 12.7 Å². The molecule has 0 amide bonds. The summed E-state index contributed by atoms with van der Waals surface area (Å²) in [7, 11) is -11.3. The zero-order valence-corrected chi connectivity index (χ0v) is 19.9. The summed E-state index contributed by atoms with van der Waals surface area (Å²) in [6.45, 7) is -2.62. The lowest BCUT2D eigenvalue weighted by atomic mass is 9.99. The van der Waals surface area contributed by atoms with E-state index >= 15 is 0 Å². The van der Waals surface area contributed by atoms with Gasteiger partial charge in [0.15, 0.2) is 11.5 Å². The van der Waals surface area contributed by atoms with E-state index in [1.54, 1.807) is 6.92 Å². The number of aromatic nitrogens is 4. The second-order valence-corrected chi connectivity index (χ2v) is 12.9. The van der Waals surface area contributed by atoms with Crippen molar-refractivity contribution in [1.82, 2.24) is 19.5 Å². The molecule has 180 valence electrons. The molecular formula is C12H18N5O11P3S-2. The predicted molar refractivity (Wildman–Crippen MR) is 106 cm³/mol. The van der Waals surface area contributed by atoms with Crippen molar-refractivity contribution >= 4 is 51.2 Å². The Hall–Kier alpha value is -0.900. The third kappa shape index (κ3) is 5.59. The number of fused-ring (bicyclic) bond motifs is 1. The highest BCUT2D eigenvalue weighted by Gasteiger charge is 2.52. The molecule has 1 fully saturated rings. The quantitative estimate of drug-likeness (QED) is 0.291. The fourth-order valence-corrected chi connectivity index (χ4v) is 7.06. The molecule has 3 unspecified atom stereocenters. The molecule has 2 aromatic rings. The zero-order valence-electron chi connectivity index (χ0n) is 16.4. The Morgan fingerprint density at radius 1 is 1.31 bits per heavy atom. The third-order valence-corrected chi connectivity index (χ3v) is 9.13. The Morgan fingerprint density at radius 2 is 1.97 bits per heavy atom. The Balaban J connectivity index is 1.76. The highest BCUT2D eigenvalue weighted by Crippen LogP contribution is 2.63. The molecule has 32 heavy (non-hydrogen) atoms. The summed E-state index contributed by atoms with van der Waals surface area (Å²) >= 11 is 4.44. The van der Waals surface area contributed by atoms with Gasteiger partial charge in [0.05, 0.1) is 19.0 Å². The second-order valence-electron chi connectivity index (χ2n) is 7.18. The number of nitrogens with two attached hydrogens (primary N) is 1. The van der Waals surface area contributed by atoms with Crippen LogP contribution in [0.5, 0.6) is 0 Å². The minimum atomic E-state index is -5.78. The minimum absolute atomic E-state index is 0.0216. The molecule has 0 saturated carbocycles. The van der Waals surface area contributed by atoms with E-state index in [0.717, 1.165) is 0 Å². The van der Waals surface area contributed by atoms with Crippen LogP contribution in [-0.4, -0.2) is 52.7 Å². The first-order valence-corrected chi connectivity index (χ1v) is 14.1. The lowest BCUT2D eigenvalue weighted by Crippen LogP contribution is -2.42. The van der Waals surface area contributed by atoms with E-state index in [9.17, 15) is 24.0 Å². The summed E-state index contributed by atoms with van der Waals surface area (Å²) in [5, 5.41) is 10.6. The standard InChI is InChI=1S/C12H20N5O11P3S/c1-11(4-25-31(24,32)28-30(22,23)27-29(19,20)21)7(18)3-12(2,26-11)17-6-16-8-9(13)14-5-15-10(8)17/h5-7,18H,3-4H2,1-2H3,(H,22,23)(H,24,32)(H2,13,14,15)(H2,19,20,21)/p-2/t7?,11-,12-,31?/m1/s1. The van der Waals surface area contributed by atoms with Crippen molar-refractivity contribution in [3.8, 4) is 0 Å². The summed E-state index contributed by atoms with van der Waals surface area (Å²) < 4.78 is 41.9. The van der Waals surface area contributed by atoms with Gasteiger partial charge in [0, 0.05) is 6.42 Å². The Morgan fingerprint density at radius 3 is 2.59 bits per heavy atom. The van der Waals surface area contributed by atoms with Gasteiger partial charge in [-0.05, 0) is 13.8 Å². The monoisotopic (exact) mass is 533 g/mol. The van der Waals surface area contributed by atoms with Crippen molar-refractivity contribution < 1.29 is 51.7 Å². The van der Waals surface area contributed by atoms with Gasteiger partial charge < -0.3 is 39.7 Å². The third-order valence-electron chi connectivity index (χ3n) is 4.52. The number of nitrogen functional groups attached to an aromatic ring is 1. The van der Waals surface area contributed by atoms with Gasteiger partial charge in [-0.2, -0.15) is 0 Å². The Labute approximate surface area is 185 Å². The Kier molecular flexibility index (Phi) is 6.75. The van der Waals surface area contributed by atoms with E-state index < -0.39 is 46.4 Å². The molecule has 1 aliphatic rings. The van der Waals surface area contributed by atoms with Gasteiger partial charge >= 0.3 is 7.82 Å². The minimum Gasteiger partial charge on any atom is -0.779 e. The molecule has 5 atom stereocenters. The first-order chi connectivity index (χ1) is 14.5. The Bertz CT molecular complexity index is 1170. The van der Waals surface area contributed by atoms with Crippen LogP contribution in [0.2, 0.25) is 0 Å². The maximum atomic E-state index is 12.2. The van der Waals surface area contributed by atoms with Crippen LogP contribution in [0.1, 0.15) is 20.3 Å². The van der Waals surface area contributed by atoms with Crippen LogP contribution in [-0.2, 0) is 44.5 Å². The van der Waals surface area contributed by atoms with Crippen molar-refractivity contribution in [3.63, 3.8) is 0 Å². The number of phosphoric acid groups is 2. The molecular weight excluding hydrogens is 515 g/mol. The lowest BCUT2D eigenvalue weighted by molar-refractivity contribution is -0.234. The number of imidazole rings is 1. The molecule has 20 heteroatoms. The van der Waals surface area contributed by atoms with E-state index in [-0.39, 0.29) is 12.2 Å². The number of hydrogen-bond donors (Lipinski definition) is 4. The highest BCUT2D eigenvalue weighted by molar-refractivity contribution is 8.07. The molecule has 0 radical (unpaired) electrons. The fraction of sp³-hybridized carbons (Fsp3) is 0.583. The van der Waals surface area contributed by atoms with Crippen LogP contribution in [0.3, 0.4) is 0 Å². The maximum Gasteiger partial charge on any atom is 0.476 e. The van der Waals surface area contributed by atoms with Crippen LogP contribution in [0, 0.1) is 0 Å². The van der Waals surface area contributed by atoms with Gasteiger partial charge in [0.2, 0.25) is 0 Å². The molecule has 1 aliphatic heterocycles. The topological polar surface area (TPSA) is 247 Å². The number of nitrogens with zero attached hydrogens (tertiary/aromatic N) is 4. The van der Waals surface area contributed by atoms with Gasteiger partial charge in [0.25, 0.3) is 7.82 Å². The summed E-state index contributed by atoms with van der Waals surface area (Å²) in [6.07, 6.45) is 1.35. The van der Waals surface area contributed by atoms with Crippen LogP contribution < -0.4 is 15.5 Å². The lowest BCUT2D eigenvalue weighted by Gasteiger charge is -2.37. The average Bonchev–Trinajstić information content (AvgIpc) is 3.12. The zero-order chi connectivity index (χ0) is 24.2. The van der Waals surface area contributed by atoms with Crippen molar-refractivity contribution in [2.24, 2.45) is 0 Å². The van der Waals surface area contributed by atoms with E-state index in [4.69, 9.17) is 24.8 Å². The predicted octanol–water partition coefficient (Wildman–Crippen LogP) is -1.18. The van der Waals surface area contributed by atoms with E-state index in [0.29, 0.717) is 11.2 Å². The largest absolute Gasteiger partial charge is 0.779 e. The number of aliphatic hydroxyl groups is 1. The molecule has 0 bridgehead atoms. The number of hydrogen-bond acceptors (Lipinski definition) is 14. The number of ether oxygens (including phenoxy) is 1. The maximum absolute atomic E-state index is 12.2. The summed E-state index contributed by atoms with van der Waals surface area (Å²) in [5.74, 6) is 0.130. The summed E-state index contributed by atoms with van der Waals surface area (Å²) in [5.41, 5.74) is 3.58. The van der Waals surface area contributed by atoms with Crippen LogP contribution in [0.4, 0.5) is 5.82 Å². The molecule has 1 saturated heterocycles. The smallest absolute Gasteiger partial charge is 0.476 e. The van der Waals surface area contributed by atoms with Crippen molar-refractivity contribution in [2.75, 3.05) is 12.3 Å². The normalized spacial score (nSPS) is 30.3. The van der Waals surface area contributed by atoms with E-state index in [2.05, 4.69) is 35.4 Å². The molecule has 0 aliphatic carbocycles. The second kappa shape index (κ2) is 8.40. The van der Waals surface area contributed by atoms with Gasteiger partial charge in [-0.3, -0.25) is 13.4 Å². The van der Waals surface area contributed by atoms with Crippen LogP contribution >= 0.6 is 22.4 Å². The van der Waals surface area contributed by atoms with Crippen molar-refractivity contribution in [1.29, 1.82) is 0 Å². The molecule has 16 nitrogen and oxygen atoms in total. The van der Waals surface area contributed by atoms with Crippen LogP contribution in [0.25, 0.3) is 11.2 Å². The van der Waals surface area contributed by atoms with Gasteiger partial charge in [0.1, 0.15) is 29.9 Å². The van der Waals surface area contributed by atoms with Crippen molar-refractivity contribution in [2.45, 2.75) is 37.7 Å². The van der Waals surface area contributed by atoms with E-state index in [1.807, 2.05) is 0 Å². The van der Waals surface area contributed by atoms with Gasteiger partial charge in [-0.25, -0.2) is 23.8 Å². The molecule has 5 N–H and O–H groups in total. The molecule has 2 aromatic heterocycles. The van der Waals surface area contributed by atoms with Gasteiger partial charge in [-0.15, -0.1) is 0 Å². The molecule has 3 rings (SSSR count). The molecule has 0 spiro atoms. The average molecular weight is 533 g/mol. The highest BCUT2D eigenvalue weighted by atomic mass is 32.5. The summed E-state index contributed by atoms with van der Waals surface area (Å²) in [6, 6.07) is 0. The molecule has 0 aromatic carbocycles. The summed E-state index contributed by atoms with van der Waals surface area (Å²) in [4.78, 5) is 52.9. The number of anilines is 1. The first-order valence-electron chi connectivity index (χ1n) is 8.52. The number of rotatable bonds is 8. The number of aliphatic hydroxyl groups excluding tert-OH is 1. The van der Waals surface area contributed by atoms with Gasteiger partial charge in [-0.1, -0.05) is 11.8 Å².